The van der Waals surface area contributed by atoms with Crippen LogP contribution in [0, 0.1) is 11.8 Å². The molecule has 3 aliphatic rings. The molecule has 0 N–H and O–H groups in total. The topological polar surface area (TPSA) is 62.7 Å². The summed E-state index contributed by atoms with van der Waals surface area (Å²) in [6.07, 6.45) is 11.9. The van der Waals surface area contributed by atoms with E-state index < -0.39 is 5.60 Å². The van der Waals surface area contributed by atoms with Crippen LogP contribution in [0.25, 0.3) is 0 Å². The molecule has 5 rings (SSSR count). The largest absolute Gasteiger partial charge is 0.458 e. The SMILES string of the molecule is CN(Cc1ccncc1)C(Cc1ccccc1)C1CCN(C(=O)C2CC(=O)OC23CCCCC3)CC1. The minimum absolute atomic E-state index is 0.144. The number of ether oxygens (including phenoxy) is 1. The number of hydrogen-bond donors (Lipinski definition) is 0. The van der Waals surface area contributed by atoms with Gasteiger partial charge in [-0.3, -0.25) is 19.5 Å². The van der Waals surface area contributed by atoms with E-state index in [1.165, 1.54) is 17.5 Å². The highest BCUT2D eigenvalue weighted by molar-refractivity contribution is 5.88. The lowest BCUT2D eigenvalue weighted by atomic mass is 9.75. The molecule has 1 spiro atoms. The van der Waals surface area contributed by atoms with Crippen molar-refractivity contribution in [2.75, 3.05) is 20.1 Å². The second-order valence-electron chi connectivity index (χ2n) is 11.0. The molecule has 3 fully saturated rings. The molecule has 1 saturated carbocycles. The molecule has 3 heterocycles. The van der Waals surface area contributed by atoms with Gasteiger partial charge in [0.2, 0.25) is 5.91 Å². The molecular weight excluding hydrogens is 450 g/mol. The quantitative estimate of drug-likeness (QED) is 0.531. The highest BCUT2D eigenvalue weighted by Crippen LogP contribution is 2.45. The summed E-state index contributed by atoms with van der Waals surface area (Å²) in [5.41, 5.74) is 2.08. The van der Waals surface area contributed by atoms with Crippen LogP contribution < -0.4 is 0 Å². The van der Waals surface area contributed by atoms with E-state index in [1.54, 1.807) is 0 Å². The molecule has 1 aromatic carbocycles. The summed E-state index contributed by atoms with van der Waals surface area (Å²) in [6.45, 7) is 2.40. The van der Waals surface area contributed by atoms with E-state index >= 15 is 0 Å². The number of piperidine rings is 1. The number of hydrogen-bond acceptors (Lipinski definition) is 5. The van der Waals surface area contributed by atoms with Crippen molar-refractivity contribution in [3.05, 3.63) is 66.0 Å². The minimum Gasteiger partial charge on any atom is -0.458 e. The van der Waals surface area contributed by atoms with Gasteiger partial charge in [-0.05, 0) is 81.2 Å². The van der Waals surface area contributed by atoms with Crippen LogP contribution in [0.1, 0.15) is 62.5 Å². The van der Waals surface area contributed by atoms with E-state index in [4.69, 9.17) is 4.74 Å². The van der Waals surface area contributed by atoms with Crippen LogP contribution in [0.2, 0.25) is 0 Å². The Labute approximate surface area is 215 Å². The highest BCUT2D eigenvalue weighted by atomic mass is 16.6. The van der Waals surface area contributed by atoms with Gasteiger partial charge in [0.25, 0.3) is 0 Å². The number of carbonyl (C=O) groups excluding carboxylic acids is 2. The van der Waals surface area contributed by atoms with Crippen LogP contribution in [0.5, 0.6) is 0 Å². The molecule has 1 amide bonds. The average Bonchev–Trinajstić information content (AvgIpc) is 3.23. The lowest BCUT2D eigenvalue weighted by molar-refractivity contribution is -0.156. The number of likely N-dealkylation sites (tertiary alicyclic amines) is 1. The smallest absolute Gasteiger partial charge is 0.307 e. The van der Waals surface area contributed by atoms with Crippen molar-refractivity contribution in [2.45, 2.75) is 76.0 Å². The maximum absolute atomic E-state index is 13.6. The molecular formula is C30H39N3O3. The van der Waals surface area contributed by atoms with Gasteiger partial charge in [-0.2, -0.15) is 0 Å². The third-order valence-electron chi connectivity index (χ3n) is 8.75. The van der Waals surface area contributed by atoms with Gasteiger partial charge < -0.3 is 9.64 Å². The van der Waals surface area contributed by atoms with Gasteiger partial charge in [-0.25, -0.2) is 0 Å². The molecule has 2 atom stereocenters. The van der Waals surface area contributed by atoms with Crippen LogP contribution in [-0.4, -0.2) is 58.4 Å². The fraction of sp³-hybridized carbons (Fsp3) is 0.567. The van der Waals surface area contributed by atoms with Crippen molar-refractivity contribution in [3.63, 3.8) is 0 Å². The van der Waals surface area contributed by atoms with Crippen LogP contribution in [0.3, 0.4) is 0 Å². The number of aromatic nitrogens is 1. The second-order valence-corrected chi connectivity index (χ2v) is 11.0. The van der Waals surface area contributed by atoms with Crippen molar-refractivity contribution in [3.8, 4) is 0 Å². The third kappa shape index (κ3) is 5.49. The van der Waals surface area contributed by atoms with Crippen LogP contribution in [0.4, 0.5) is 0 Å². The van der Waals surface area contributed by atoms with Crippen LogP contribution >= 0.6 is 0 Å². The molecule has 2 aromatic rings. The van der Waals surface area contributed by atoms with Crippen LogP contribution in [0.15, 0.2) is 54.9 Å². The van der Waals surface area contributed by atoms with Crippen molar-refractivity contribution >= 4 is 11.9 Å². The van der Waals surface area contributed by atoms with E-state index in [0.717, 1.165) is 64.6 Å². The highest BCUT2D eigenvalue weighted by Gasteiger charge is 2.54. The van der Waals surface area contributed by atoms with E-state index in [9.17, 15) is 9.59 Å². The van der Waals surface area contributed by atoms with Crippen LogP contribution in [-0.2, 0) is 27.3 Å². The molecule has 192 valence electrons. The molecule has 0 bridgehead atoms. The number of esters is 1. The molecule has 6 nitrogen and oxygen atoms in total. The zero-order chi connectivity index (χ0) is 25.0. The monoisotopic (exact) mass is 489 g/mol. The standard InChI is InChI=1S/C30H39N3O3/c1-32(22-24-10-16-31-17-11-24)27(20-23-8-4-2-5-9-23)25-12-18-33(19-13-25)29(35)26-21-28(34)36-30(26)14-6-3-7-15-30/h2,4-5,8-11,16-17,25-27H,3,6-7,12-15,18-22H2,1H3. The molecule has 2 unspecified atom stereocenters. The summed E-state index contributed by atoms with van der Waals surface area (Å²) < 4.78 is 5.83. The van der Waals surface area contributed by atoms with E-state index in [-0.39, 0.29) is 24.2 Å². The Morgan fingerprint density at radius 3 is 2.44 bits per heavy atom. The van der Waals surface area contributed by atoms with Gasteiger partial charge in [-0.1, -0.05) is 36.8 Å². The van der Waals surface area contributed by atoms with Gasteiger partial charge in [0, 0.05) is 38.1 Å². The summed E-state index contributed by atoms with van der Waals surface area (Å²) in [4.78, 5) is 34.6. The number of amides is 1. The number of carbonyl (C=O) groups is 2. The third-order valence-corrected chi connectivity index (χ3v) is 8.75. The van der Waals surface area contributed by atoms with Gasteiger partial charge in [-0.15, -0.1) is 0 Å². The van der Waals surface area contributed by atoms with Crippen molar-refractivity contribution in [1.29, 1.82) is 0 Å². The second kappa shape index (κ2) is 11.1. The minimum atomic E-state index is -0.538. The molecule has 6 heteroatoms. The first-order valence-corrected chi connectivity index (χ1v) is 13.7. The van der Waals surface area contributed by atoms with Gasteiger partial charge in [0.15, 0.2) is 0 Å². The van der Waals surface area contributed by atoms with Gasteiger partial charge in [0.1, 0.15) is 5.60 Å². The Hall–Kier alpha value is -2.73. The molecule has 36 heavy (non-hydrogen) atoms. The maximum atomic E-state index is 13.6. The first-order valence-electron chi connectivity index (χ1n) is 13.7. The zero-order valence-corrected chi connectivity index (χ0v) is 21.5. The summed E-state index contributed by atoms with van der Waals surface area (Å²) >= 11 is 0. The lowest BCUT2D eigenvalue weighted by Crippen LogP contribution is -2.51. The van der Waals surface area contributed by atoms with E-state index in [0.29, 0.717) is 12.0 Å². The van der Waals surface area contributed by atoms with Gasteiger partial charge in [0.05, 0.1) is 12.3 Å². The summed E-state index contributed by atoms with van der Waals surface area (Å²) in [6, 6.07) is 15.3. The Balaban J connectivity index is 1.26. The number of nitrogens with zero attached hydrogens (tertiary/aromatic N) is 3. The number of likely N-dealkylation sites (N-methyl/N-ethyl adjacent to an activating group) is 1. The first kappa shape index (κ1) is 24.9. The van der Waals surface area contributed by atoms with E-state index in [2.05, 4.69) is 59.4 Å². The van der Waals surface area contributed by atoms with Gasteiger partial charge >= 0.3 is 5.97 Å². The summed E-state index contributed by atoms with van der Waals surface area (Å²) in [7, 11) is 2.22. The summed E-state index contributed by atoms with van der Waals surface area (Å²) in [5, 5.41) is 0. The zero-order valence-electron chi connectivity index (χ0n) is 21.5. The molecule has 2 saturated heterocycles. The number of pyridine rings is 1. The fourth-order valence-corrected chi connectivity index (χ4v) is 6.76. The average molecular weight is 490 g/mol. The molecule has 0 radical (unpaired) electrons. The fourth-order valence-electron chi connectivity index (χ4n) is 6.76. The van der Waals surface area contributed by atoms with E-state index in [1.807, 2.05) is 17.3 Å². The maximum Gasteiger partial charge on any atom is 0.307 e. The molecule has 1 aromatic heterocycles. The molecule has 1 aliphatic carbocycles. The van der Waals surface area contributed by atoms with Crippen molar-refractivity contribution in [2.24, 2.45) is 11.8 Å². The normalized spacial score (nSPS) is 23.1. The summed E-state index contributed by atoms with van der Waals surface area (Å²) in [5.74, 6) is 0.166. The number of benzene rings is 1. The Kier molecular flexibility index (Phi) is 7.70. The first-order chi connectivity index (χ1) is 17.5. The Morgan fingerprint density at radius 1 is 1.06 bits per heavy atom. The Bertz CT molecular complexity index is 1010. The van der Waals surface area contributed by atoms with Crippen molar-refractivity contribution < 1.29 is 14.3 Å². The number of rotatable bonds is 7. The predicted octanol–water partition coefficient (Wildman–Crippen LogP) is 4.63. The van der Waals surface area contributed by atoms with Crippen molar-refractivity contribution in [1.82, 2.24) is 14.8 Å². The molecule has 2 aliphatic heterocycles. The predicted molar refractivity (Wildman–Crippen MR) is 139 cm³/mol. The Morgan fingerprint density at radius 2 is 1.75 bits per heavy atom. The lowest BCUT2D eigenvalue weighted by Gasteiger charge is -2.42.